The van der Waals surface area contributed by atoms with Gasteiger partial charge in [-0.05, 0) is 17.4 Å². The third-order valence-electron chi connectivity index (χ3n) is 9.78. The predicted octanol–water partition coefficient (Wildman–Crippen LogP) is 7.22. The fourth-order valence-electron chi connectivity index (χ4n) is 6.16. The van der Waals surface area contributed by atoms with E-state index in [2.05, 4.69) is 186 Å². The maximum atomic E-state index is 3.53. The summed E-state index contributed by atoms with van der Waals surface area (Å²) in [7, 11) is 0. The molecular weight excluding hydrogens is 751 g/mol. The zero-order valence-electron chi connectivity index (χ0n) is 33.8. The molecule has 1 atom stereocenters. The van der Waals surface area contributed by atoms with E-state index in [9.17, 15) is 0 Å². The SMILES string of the molecule is CC(C)(C)c1c[c-]c2c(c1)-c1cc(C(C)(C)C)ccc1C2.CCCCC1[C-]=CC(C(C)(C)C)=C1.Cc1ccc([C](=[Zr+2])c2ccc(C)cc2)cc1.[Cl-].[Cl-]. The van der Waals surface area contributed by atoms with E-state index in [1.54, 1.807) is 0 Å². The van der Waals surface area contributed by atoms with Crippen LogP contribution in [0, 0.1) is 37.3 Å². The van der Waals surface area contributed by atoms with Crippen molar-refractivity contribution in [3.8, 4) is 11.1 Å². The Morgan fingerprint density at radius 1 is 0.692 bits per heavy atom. The van der Waals surface area contributed by atoms with Crippen LogP contribution < -0.4 is 24.8 Å². The molecule has 2 aliphatic carbocycles. The number of hydrogen-bond donors (Lipinski definition) is 0. The van der Waals surface area contributed by atoms with Crippen LogP contribution in [0.4, 0.5) is 0 Å². The van der Waals surface area contributed by atoms with Gasteiger partial charge in [-0.15, -0.1) is 5.56 Å². The first-order valence-electron chi connectivity index (χ1n) is 18.6. The topological polar surface area (TPSA) is 0 Å². The normalized spacial score (nSPS) is 14.3. The van der Waals surface area contributed by atoms with Crippen LogP contribution in [0.25, 0.3) is 11.1 Å². The molecule has 52 heavy (non-hydrogen) atoms. The van der Waals surface area contributed by atoms with Crippen molar-refractivity contribution in [1.82, 2.24) is 0 Å². The molecule has 0 bridgehead atoms. The summed E-state index contributed by atoms with van der Waals surface area (Å²) in [6.45, 7) is 26.9. The van der Waals surface area contributed by atoms with Gasteiger partial charge in [-0.3, -0.25) is 6.08 Å². The summed E-state index contributed by atoms with van der Waals surface area (Å²) in [5.41, 5.74) is 15.8. The Morgan fingerprint density at radius 2 is 1.21 bits per heavy atom. The van der Waals surface area contributed by atoms with Crippen LogP contribution >= 0.6 is 0 Å². The zero-order valence-corrected chi connectivity index (χ0v) is 37.8. The minimum Gasteiger partial charge on any atom is -1.00 e. The standard InChI is InChI=1S/C21H25.C15H14.C13H21.2ClH.Zr/c1-20(2,3)16-9-7-14-11-15-8-10-17(21(4,5)6)13-19(15)18(14)12-16;1-12-3-7-14(8-4-12)11-15-9-5-13(2)6-10-15;1-5-6-7-11-8-9-12(10-11)13(2,3)4;;;/h7,9-10,12-13H,11H2,1-6H3;3-10H,1-2H3;9-11H,5-7H2,1-4H3;2*1H;/q-1;;-1;;;+2/p-2. The summed E-state index contributed by atoms with van der Waals surface area (Å²) in [6.07, 6.45) is 12.9. The molecule has 0 nitrogen and oxygen atoms in total. The van der Waals surface area contributed by atoms with E-state index in [1.807, 2.05) is 0 Å². The predicted molar refractivity (Wildman–Crippen MR) is 215 cm³/mol. The van der Waals surface area contributed by atoms with Crippen LogP contribution in [0.5, 0.6) is 0 Å². The zero-order chi connectivity index (χ0) is 36.9. The third-order valence-corrected chi connectivity index (χ3v) is 11.2. The van der Waals surface area contributed by atoms with E-state index < -0.39 is 0 Å². The molecule has 0 radical (unpaired) electrons. The first kappa shape index (κ1) is 45.8. The Kier molecular flexibility index (Phi) is 17.0. The van der Waals surface area contributed by atoms with E-state index in [-0.39, 0.29) is 35.6 Å². The average Bonchev–Trinajstić information content (AvgIpc) is 3.69. The molecule has 6 rings (SSSR count). The number of halogens is 2. The van der Waals surface area contributed by atoms with Crippen LogP contribution in [0.2, 0.25) is 0 Å². The number of hydrogen-bond acceptors (Lipinski definition) is 0. The quantitative estimate of drug-likeness (QED) is 0.165. The van der Waals surface area contributed by atoms with Crippen molar-refractivity contribution in [3.05, 3.63) is 153 Å². The van der Waals surface area contributed by atoms with Crippen molar-refractivity contribution in [3.63, 3.8) is 0 Å². The summed E-state index contributed by atoms with van der Waals surface area (Å²) < 4.78 is 1.42. The van der Waals surface area contributed by atoms with Gasteiger partial charge in [0, 0.05) is 0 Å². The Labute approximate surface area is 345 Å². The molecule has 0 fully saturated rings. The summed E-state index contributed by atoms with van der Waals surface area (Å²) in [6, 6.07) is 32.6. The van der Waals surface area contributed by atoms with Crippen molar-refractivity contribution in [2.45, 2.75) is 120 Å². The maximum absolute atomic E-state index is 3.53. The van der Waals surface area contributed by atoms with Crippen LogP contribution in [0.3, 0.4) is 0 Å². The number of rotatable bonds is 5. The van der Waals surface area contributed by atoms with Gasteiger partial charge in [0.2, 0.25) is 0 Å². The number of aryl methyl sites for hydroxylation is 2. The van der Waals surface area contributed by atoms with Gasteiger partial charge in [-0.2, -0.15) is 41.0 Å². The minimum atomic E-state index is 0. The van der Waals surface area contributed by atoms with Crippen LogP contribution in [-0.2, 0) is 41.5 Å². The molecule has 0 saturated heterocycles. The van der Waals surface area contributed by atoms with Crippen molar-refractivity contribution in [1.29, 1.82) is 0 Å². The number of allylic oxidation sites excluding steroid dienone is 4. The van der Waals surface area contributed by atoms with Gasteiger partial charge >= 0.3 is 112 Å². The van der Waals surface area contributed by atoms with Gasteiger partial charge in [0.25, 0.3) is 0 Å². The molecule has 3 heteroatoms. The summed E-state index contributed by atoms with van der Waals surface area (Å²) in [5, 5.41) is 0. The smallest absolute Gasteiger partial charge is 1.00 e. The number of benzene rings is 4. The average molecular weight is 811 g/mol. The summed E-state index contributed by atoms with van der Waals surface area (Å²) in [5.74, 6) is 0.592. The first-order chi connectivity index (χ1) is 23.4. The molecule has 0 heterocycles. The van der Waals surface area contributed by atoms with E-state index in [0.29, 0.717) is 11.3 Å². The molecule has 0 N–H and O–H groups in total. The minimum absolute atomic E-state index is 0. The number of unbranched alkanes of at least 4 members (excludes halogenated alkanes) is 1. The van der Waals surface area contributed by atoms with Gasteiger partial charge in [0.15, 0.2) is 0 Å². The van der Waals surface area contributed by atoms with Crippen molar-refractivity contribution < 1.29 is 49.0 Å². The Balaban J connectivity index is 0.000000273. The Bertz CT molecular complexity index is 1710. The van der Waals surface area contributed by atoms with Gasteiger partial charge in [-0.1, -0.05) is 135 Å². The van der Waals surface area contributed by atoms with Crippen LogP contribution in [-0.4, -0.2) is 3.21 Å². The van der Waals surface area contributed by atoms with Gasteiger partial charge in [-0.25, -0.2) is 6.08 Å². The number of fused-ring (bicyclic) bond motifs is 3. The third kappa shape index (κ3) is 12.6. The van der Waals surface area contributed by atoms with Gasteiger partial charge in [0.05, 0.1) is 0 Å². The Hall–Kier alpha value is -2.31. The van der Waals surface area contributed by atoms with Crippen LogP contribution in [0.15, 0.2) is 96.6 Å². The largest absolute Gasteiger partial charge is 1.00 e. The molecule has 2 aliphatic rings. The fourth-order valence-corrected chi connectivity index (χ4v) is 6.98. The Morgan fingerprint density at radius 3 is 1.67 bits per heavy atom. The van der Waals surface area contributed by atoms with E-state index in [4.69, 9.17) is 0 Å². The molecule has 4 aromatic carbocycles. The van der Waals surface area contributed by atoms with E-state index >= 15 is 0 Å². The first-order valence-corrected chi connectivity index (χ1v) is 19.8. The molecule has 1 unspecified atom stereocenters. The molecule has 276 valence electrons. The van der Waals surface area contributed by atoms with Crippen LogP contribution in [0.1, 0.15) is 133 Å². The molecule has 0 saturated carbocycles. The second-order valence-electron chi connectivity index (χ2n) is 17.4. The molecular formula is C49H60Cl2Zr-2. The molecule has 0 amide bonds. The second-order valence-corrected chi connectivity index (χ2v) is 18.6. The maximum Gasteiger partial charge on any atom is -1.00 e. The monoisotopic (exact) mass is 808 g/mol. The molecule has 0 aliphatic heterocycles. The molecule has 0 spiro atoms. The summed E-state index contributed by atoms with van der Waals surface area (Å²) >= 11 is 1.46. The van der Waals surface area contributed by atoms with Gasteiger partial charge < -0.3 is 24.8 Å². The summed E-state index contributed by atoms with van der Waals surface area (Å²) in [4.78, 5) is 0. The van der Waals surface area contributed by atoms with Crippen molar-refractivity contribution >= 4 is 3.21 Å². The molecule has 4 aromatic rings. The van der Waals surface area contributed by atoms with Crippen molar-refractivity contribution in [2.75, 3.05) is 0 Å². The van der Waals surface area contributed by atoms with Crippen molar-refractivity contribution in [2.24, 2.45) is 11.3 Å². The fraction of sp³-hybridized carbons (Fsp3) is 0.408. The van der Waals surface area contributed by atoms with E-state index in [0.717, 1.165) is 6.42 Å². The van der Waals surface area contributed by atoms with Gasteiger partial charge in [0.1, 0.15) is 0 Å². The molecule has 0 aromatic heterocycles. The second kappa shape index (κ2) is 19.3. The van der Waals surface area contributed by atoms with E-state index in [1.165, 1.54) is 108 Å².